The quantitative estimate of drug-likeness (QED) is 0.849. The number of rotatable bonds is 4. The Kier molecular flexibility index (Phi) is 4.68. The van der Waals surface area contributed by atoms with Crippen molar-refractivity contribution in [1.82, 2.24) is 0 Å². The number of nitrogens with zero attached hydrogens (tertiary/aromatic N) is 1. The fourth-order valence-electron chi connectivity index (χ4n) is 1.68. The first kappa shape index (κ1) is 13.7. The second kappa shape index (κ2) is 6.48. The second-order valence-electron chi connectivity index (χ2n) is 4.12. The minimum absolute atomic E-state index is 0.192. The van der Waals surface area contributed by atoms with E-state index < -0.39 is 0 Å². The summed E-state index contributed by atoms with van der Waals surface area (Å²) in [5.74, 6) is -0.0381. The largest absolute Gasteiger partial charge is 0.507 e. The van der Waals surface area contributed by atoms with Crippen molar-refractivity contribution in [2.24, 2.45) is 4.99 Å². The minimum Gasteiger partial charge on any atom is -0.507 e. The molecule has 0 amide bonds. The molecule has 19 heavy (non-hydrogen) atoms. The number of hydrogen-bond acceptors (Lipinski definition) is 2. The van der Waals surface area contributed by atoms with Gasteiger partial charge in [0, 0.05) is 22.8 Å². The third-order valence-electron chi connectivity index (χ3n) is 2.64. The van der Waals surface area contributed by atoms with Gasteiger partial charge in [-0.05, 0) is 42.3 Å². The van der Waals surface area contributed by atoms with Crippen molar-refractivity contribution >= 4 is 22.1 Å². The van der Waals surface area contributed by atoms with Gasteiger partial charge in [-0.15, -0.1) is 0 Å². The first-order valence-electron chi connectivity index (χ1n) is 5.88. The highest BCUT2D eigenvalue weighted by Gasteiger charge is 1.98. The maximum Gasteiger partial charge on any atom is 0.124 e. The number of benzene rings is 2. The van der Waals surface area contributed by atoms with Crippen LogP contribution in [0.25, 0.3) is 0 Å². The highest BCUT2D eigenvalue weighted by Crippen LogP contribution is 2.20. The molecule has 0 aliphatic rings. The standard InChI is InChI=1S/C15H13BrFNO/c16-13-4-5-15(19)12(9-13)10-18-7-6-11-2-1-3-14(17)8-11/h1-5,8-10,19H,6-7H2. The zero-order valence-corrected chi connectivity index (χ0v) is 11.8. The predicted molar refractivity (Wildman–Crippen MR) is 78.4 cm³/mol. The number of phenolic OH excluding ortho intramolecular Hbond substituents is 1. The van der Waals surface area contributed by atoms with Crippen LogP contribution >= 0.6 is 15.9 Å². The molecule has 2 aromatic rings. The van der Waals surface area contributed by atoms with Crippen LogP contribution in [-0.2, 0) is 6.42 Å². The Morgan fingerprint density at radius 3 is 2.84 bits per heavy atom. The highest BCUT2D eigenvalue weighted by molar-refractivity contribution is 9.10. The average Bonchev–Trinajstić information content (AvgIpc) is 2.39. The van der Waals surface area contributed by atoms with Crippen LogP contribution in [0.4, 0.5) is 4.39 Å². The molecule has 2 nitrogen and oxygen atoms in total. The molecule has 4 heteroatoms. The SMILES string of the molecule is Oc1ccc(Br)cc1C=NCCc1cccc(F)c1. The van der Waals surface area contributed by atoms with Crippen LogP contribution in [0.15, 0.2) is 51.9 Å². The zero-order chi connectivity index (χ0) is 13.7. The molecule has 0 aliphatic carbocycles. The van der Waals surface area contributed by atoms with Crippen molar-refractivity contribution in [3.05, 3.63) is 63.9 Å². The summed E-state index contributed by atoms with van der Waals surface area (Å²) in [5.41, 5.74) is 1.57. The van der Waals surface area contributed by atoms with Crippen molar-refractivity contribution in [3.8, 4) is 5.75 Å². The molecule has 98 valence electrons. The Morgan fingerprint density at radius 1 is 1.21 bits per heavy atom. The van der Waals surface area contributed by atoms with Crippen molar-refractivity contribution in [2.45, 2.75) is 6.42 Å². The average molecular weight is 322 g/mol. The van der Waals surface area contributed by atoms with Gasteiger partial charge in [-0.3, -0.25) is 4.99 Å². The smallest absolute Gasteiger partial charge is 0.124 e. The van der Waals surface area contributed by atoms with Crippen LogP contribution in [0.1, 0.15) is 11.1 Å². The Bertz CT molecular complexity index is 598. The molecule has 0 saturated heterocycles. The summed E-state index contributed by atoms with van der Waals surface area (Å²) >= 11 is 3.34. The lowest BCUT2D eigenvalue weighted by atomic mass is 10.1. The summed E-state index contributed by atoms with van der Waals surface area (Å²) in [6, 6.07) is 11.7. The molecular formula is C15H13BrFNO. The van der Waals surface area contributed by atoms with Crippen LogP contribution in [0, 0.1) is 5.82 Å². The van der Waals surface area contributed by atoms with Crippen molar-refractivity contribution in [1.29, 1.82) is 0 Å². The van der Waals surface area contributed by atoms with Crippen molar-refractivity contribution < 1.29 is 9.50 Å². The molecule has 0 fully saturated rings. The van der Waals surface area contributed by atoms with E-state index >= 15 is 0 Å². The molecule has 0 atom stereocenters. The Labute approximate surface area is 119 Å². The van der Waals surface area contributed by atoms with Gasteiger partial charge in [0.15, 0.2) is 0 Å². The lowest BCUT2D eigenvalue weighted by molar-refractivity contribution is 0.474. The molecule has 2 rings (SSSR count). The normalized spacial score (nSPS) is 11.1. The van der Waals surface area contributed by atoms with Gasteiger partial charge < -0.3 is 5.11 Å². The van der Waals surface area contributed by atoms with Gasteiger partial charge in [-0.25, -0.2) is 4.39 Å². The number of halogens is 2. The number of phenols is 1. The van der Waals surface area contributed by atoms with Crippen LogP contribution in [0.2, 0.25) is 0 Å². The van der Waals surface area contributed by atoms with Crippen LogP contribution < -0.4 is 0 Å². The van der Waals surface area contributed by atoms with Crippen molar-refractivity contribution in [3.63, 3.8) is 0 Å². The van der Waals surface area contributed by atoms with Gasteiger partial charge in [0.05, 0.1) is 0 Å². The topological polar surface area (TPSA) is 32.6 Å². The van der Waals surface area contributed by atoms with E-state index in [-0.39, 0.29) is 11.6 Å². The molecule has 0 unspecified atom stereocenters. The van der Waals surface area contributed by atoms with E-state index in [9.17, 15) is 9.50 Å². The highest BCUT2D eigenvalue weighted by atomic mass is 79.9. The van der Waals surface area contributed by atoms with Gasteiger partial charge in [-0.1, -0.05) is 28.1 Å². The van der Waals surface area contributed by atoms with Crippen LogP contribution in [0.5, 0.6) is 5.75 Å². The van der Waals surface area contributed by atoms with Gasteiger partial charge >= 0.3 is 0 Å². The summed E-state index contributed by atoms with van der Waals surface area (Å²) in [6.07, 6.45) is 2.29. The predicted octanol–water partition coefficient (Wildman–Crippen LogP) is 3.96. The van der Waals surface area contributed by atoms with Gasteiger partial charge in [0.2, 0.25) is 0 Å². The monoisotopic (exact) mass is 321 g/mol. The lowest BCUT2D eigenvalue weighted by Gasteiger charge is -2.00. The molecule has 0 aromatic heterocycles. The zero-order valence-electron chi connectivity index (χ0n) is 10.2. The summed E-state index contributed by atoms with van der Waals surface area (Å²) < 4.78 is 13.8. The van der Waals surface area contributed by atoms with E-state index in [4.69, 9.17) is 0 Å². The first-order chi connectivity index (χ1) is 9.15. The molecule has 2 aromatic carbocycles. The number of aliphatic imine (C=N–C) groups is 1. The van der Waals surface area contributed by atoms with Crippen molar-refractivity contribution in [2.75, 3.05) is 6.54 Å². The van der Waals surface area contributed by atoms with E-state index in [0.717, 1.165) is 10.0 Å². The summed E-state index contributed by atoms with van der Waals surface area (Å²) in [4.78, 5) is 4.24. The van der Waals surface area contributed by atoms with Gasteiger partial charge in [0.1, 0.15) is 11.6 Å². The Hall–Kier alpha value is -1.68. The van der Waals surface area contributed by atoms with Gasteiger partial charge in [0.25, 0.3) is 0 Å². The minimum atomic E-state index is -0.230. The number of hydrogen-bond donors (Lipinski definition) is 1. The third kappa shape index (κ3) is 4.17. The molecule has 0 saturated carbocycles. The van der Waals surface area contributed by atoms with Gasteiger partial charge in [-0.2, -0.15) is 0 Å². The summed E-state index contributed by atoms with van der Waals surface area (Å²) in [5, 5.41) is 9.63. The summed E-state index contributed by atoms with van der Waals surface area (Å²) in [6.45, 7) is 0.551. The maximum atomic E-state index is 13.0. The van der Waals surface area contributed by atoms with E-state index in [1.165, 1.54) is 12.1 Å². The Morgan fingerprint density at radius 2 is 2.05 bits per heavy atom. The molecule has 0 aliphatic heterocycles. The molecule has 0 bridgehead atoms. The third-order valence-corrected chi connectivity index (χ3v) is 3.13. The van der Waals surface area contributed by atoms with Crippen LogP contribution in [0.3, 0.4) is 0 Å². The van der Waals surface area contributed by atoms with E-state index in [1.807, 2.05) is 6.07 Å². The van der Waals surface area contributed by atoms with E-state index in [2.05, 4.69) is 20.9 Å². The fraction of sp³-hybridized carbons (Fsp3) is 0.133. The molecule has 0 radical (unpaired) electrons. The molecule has 0 heterocycles. The summed E-state index contributed by atoms with van der Waals surface area (Å²) in [7, 11) is 0. The lowest BCUT2D eigenvalue weighted by Crippen LogP contribution is -1.92. The Balaban J connectivity index is 1.95. The van der Waals surface area contributed by atoms with E-state index in [0.29, 0.717) is 18.5 Å². The van der Waals surface area contributed by atoms with Crippen LogP contribution in [-0.4, -0.2) is 17.9 Å². The fourth-order valence-corrected chi connectivity index (χ4v) is 2.06. The maximum absolute atomic E-state index is 13.0. The second-order valence-corrected chi connectivity index (χ2v) is 5.03. The first-order valence-corrected chi connectivity index (χ1v) is 6.67. The molecule has 0 spiro atoms. The number of aromatic hydroxyl groups is 1. The molecule has 1 N–H and O–H groups in total. The molecular weight excluding hydrogens is 309 g/mol. The van der Waals surface area contributed by atoms with E-state index in [1.54, 1.807) is 30.5 Å².